The summed E-state index contributed by atoms with van der Waals surface area (Å²) in [5, 5.41) is 10.3. The van der Waals surface area contributed by atoms with Gasteiger partial charge in [-0.2, -0.15) is 0 Å². The van der Waals surface area contributed by atoms with Gasteiger partial charge in [0.1, 0.15) is 5.69 Å². The lowest BCUT2D eigenvalue weighted by Gasteiger charge is -2.26. The number of nitrogens with zero attached hydrogens (tertiary/aromatic N) is 4. The van der Waals surface area contributed by atoms with E-state index in [2.05, 4.69) is 36.9 Å². The molecule has 2 saturated carbocycles. The fraction of sp³-hybridized carbons (Fsp3) is 0.419. The quantitative estimate of drug-likeness (QED) is 0.198. The molecule has 0 radical (unpaired) electrons. The molecule has 2 atom stereocenters. The minimum absolute atomic E-state index is 0.0273. The van der Waals surface area contributed by atoms with Gasteiger partial charge in [0.25, 0.3) is 11.8 Å². The summed E-state index contributed by atoms with van der Waals surface area (Å²) in [7, 11) is 1.93. The first-order valence-electron chi connectivity index (χ1n) is 14.9. The molecule has 1 saturated heterocycles. The van der Waals surface area contributed by atoms with Crippen molar-refractivity contribution < 1.29 is 9.59 Å². The molecule has 7 rings (SSSR count). The molecule has 224 valence electrons. The van der Waals surface area contributed by atoms with Crippen LogP contribution in [0.2, 0.25) is 10.0 Å². The van der Waals surface area contributed by atoms with Crippen molar-refractivity contribution in [3.05, 3.63) is 63.7 Å². The number of carbonyl (C=O) groups excluding carboxylic acids is 2. The minimum Gasteiger partial charge on any atom is -0.370 e. The summed E-state index contributed by atoms with van der Waals surface area (Å²) in [5.74, 6) is 1.69. The van der Waals surface area contributed by atoms with Crippen molar-refractivity contribution in [2.45, 2.75) is 51.1 Å². The van der Waals surface area contributed by atoms with Gasteiger partial charge in [-0.1, -0.05) is 48.5 Å². The second kappa shape index (κ2) is 11.4. The molecule has 2 amide bonds. The van der Waals surface area contributed by atoms with E-state index in [-0.39, 0.29) is 24.4 Å². The number of carbonyl (C=O) groups is 2. The first-order valence-corrected chi connectivity index (χ1v) is 15.7. The molecule has 4 aromatic rings. The third kappa shape index (κ3) is 5.54. The lowest BCUT2D eigenvalue weighted by Crippen LogP contribution is -2.37. The molecule has 2 aliphatic carbocycles. The maximum atomic E-state index is 13.7. The molecule has 10 nitrogen and oxygen atoms in total. The first kappa shape index (κ1) is 28.0. The van der Waals surface area contributed by atoms with E-state index in [1.54, 1.807) is 12.1 Å². The number of piperidine rings is 1. The molecule has 0 spiro atoms. The summed E-state index contributed by atoms with van der Waals surface area (Å²) < 4.78 is 1.96. The predicted molar refractivity (Wildman–Crippen MR) is 168 cm³/mol. The number of anilines is 3. The zero-order valence-electron chi connectivity index (χ0n) is 23.9. The zero-order chi connectivity index (χ0) is 29.7. The van der Waals surface area contributed by atoms with Crippen LogP contribution in [0, 0.1) is 11.8 Å². The standard InChI is InChI=1S/C31H34Cl2N8O2/c1-40-26-11-25(41-14-18-9-19(18)15-41)21(29(42)37-20-5-3-2-4-6-20)10-23(26)38-31(40)39-28-22(32)8-7-17(27(28)33)12-35-30(43)24-13-34-16-36-24/h7-8,10-11,13,16,18-20H,2-6,9,12,14-15H2,1H3,(H,34,36)(H,35,43)(H,37,42)(H,38,39). The van der Waals surface area contributed by atoms with E-state index >= 15 is 0 Å². The molecule has 12 heteroatoms. The fourth-order valence-corrected chi connectivity index (χ4v) is 7.03. The predicted octanol–water partition coefficient (Wildman–Crippen LogP) is 5.80. The fourth-order valence-electron chi connectivity index (χ4n) is 6.50. The lowest BCUT2D eigenvalue weighted by atomic mass is 9.95. The summed E-state index contributed by atoms with van der Waals surface area (Å²) in [6.07, 6.45) is 9.81. The highest BCUT2D eigenvalue weighted by Gasteiger charge is 2.45. The van der Waals surface area contributed by atoms with Gasteiger partial charge in [0, 0.05) is 32.7 Å². The third-order valence-corrected chi connectivity index (χ3v) is 9.84. The van der Waals surface area contributed by atoms with Crippen molar-refractivity contribution >= 4 is 63.4 Å². The van der Waals surface area contributed by atoms with Crippen LogP contribution in [0.3, 0.4) is 0 Å². The third-order valence-electron chi connectivity index (χ3n) is 9.09. The highest BCUT2D eigenvalue weighted by molar-refractivity contribution is 6.39. The van der Waals surface area contributed by atoms with E-state index in [0.717, 1.165) is 61.8 Å². The Bertz CT molecular complexity index is 1690. The average Bonchev–Trinajstić information content (AvgIpc) is 3.36. The number of hydrogen-bond acceptors (Lipinski definition) is 6. The number of rotatable bonds is 8. The molecule has 1 aliphatic heterocycles. The van der Waals surface area contributed by atoms with E-state index in [1.807, 2.05) is 17.7 Å². The maximum absolute atomic E-state index is 13.7. The van der Waals surface area contributed by atoms with Gasteiger partial charge >= 0.3 is 0 Å². The number of nitrogens with one attached hydrogen (secondary N) is 4. The van der Waals surface area contributed by atoms with Crippen molar-refractivity contribution in [3.8, 4) is 0 Å². The van der Waals surface area contributed by atoms with Crippen molar-refractivity contribution in [2.24, 2.45) is 18.9 Å². The van der Waals surface area contributed by atoms with Crippen LogP contribution in [-0.2, 0) is 13.6 Å². The topological polar surface area (TPSA) is 120 Å². The van der Waals surface area contributed by atoms with Crippen LogP contribution in [0.5, 0.6) is 0 Å². The van der Waals surface area contributed by atoms with Crippen molar-refractivity contribution in [1.29, 1.82) is 0 Å². The Labute approximate surface area is 259 Å². The summed E-state index contributed by atoms with van der Waals surface area (Å²) in [4.78, 5) is 40.0. The number of imidazole rings is 2. The number of hydrogen-bond donors (Lipinski definition) is 4. The Morgan fingerprint density at radius 1 is 1.07 bits per heavy atom. The highest BCUT2D eigenvalue weighted by Crippen LogP contribution is 2.47. The summed E-state index contributed by atoms with van der Waals surface area (Å²) >= 11 is 13.4. The number of aryl methyl sites for hydroxylation is 1. The molecule has 3 aliphatic rings. The maximum Gasteiger partial charge on any atom is 0.269 e. The van der Waals surface area contributed by atoms with Gasteiger partial charge in [-0.3, -0.25) is 9.59 Å². The van der Waals surface area contributed by atoms with Crippen LogP contribution < -0.4 is 20.9 Å². The summed E-state index contributed by atoms with van der Waals surface area (Å²) in [6.45, 7) is 2.17. The summed E-state index contributed by atoms with van der Waals surface area (Å²) in [6, 6.07) is 7.75. The second-order valence-corrected chi connectivity index (χ2v) is 12.8. The number of halogens is 2. The highest BCUT2D eigenvalue weighted by atomic mass is 35.5. The van der Waals surface area contributed by atoms with Crippen LogP contribution in [0.25, 0.3) is 11.0 Å². The van der Waals surface area contributed by atoms with Gasteiger partial charge in [0.15, 0.2) is 0 Å². The molecular formula is C31H34Cl2N8O2. The largest absolute Gasteiger partial charge is 0.370 e. The Hall–Kier alpha value is -3.76. The SMILES string of the molecule is Cn1c(Nc2c(Cl)ccc(CNC(=O)c3cnc[nH]3)c2Cl)nc2cc(C(=O)NC3CCCCC3)c(N3CC4CC4C3)cc21. The van der Waals surface area contributed by atoms with Gasteiger partial charge in [0.2, 0.25) is 5.95 Å². The van der Waals surface area contributed by atoms with Crippen LogP contribution in [-0.4, -0.2) is 50.5 Å². The van der Waals surface area contributed by atoms with Gasteiger partial charge in [-0.05, 0) is 54.9 Å². The number of H-pyrrole nitrogens is 1. The van der Waals surface area contributed by atoms with Crippen LogP contribution in [0.1, 0.15) is 64.9 Å². The number of fused-ring (bicyclic) bond motifs is 2. The van der Waals surface area contributed by atoms with Crippen molar-refractivity contribution in [1.82, 2.24) is 30.2 Å². The Morgan fingerprint density at radius 2 is 1.86 bits per heavy atom. The molecule has 2 aromatic carbocycles. The Kier molecular flexibility index (Phi) is 7.43. The van der Waals surface area contributed by atoms with Gasteiger partial charge < -0.3 is 30.4 Å². The van der Waals surface area contributed by atoms with Crippen LogP contribution in [0.15, 0.2) is 36.8 Å². The van der Waals surface area contributed by atoms with Gasteiger partial charge in [-0.25, -0.2) is 9.97 Å². The van der Waals surface area contributed by atoms with Gasteiger partial charge in [-0.15, -0.1) is 0 Å². The van der Waals surface area contributed by atoms with E-state index in [4.69, 9.17) is 28.2 Å². The van der Waals surface area contributed by atoms with Crippen LogP contribution in [0.4, 0.5) is 17.3 Å². The molecule has 4 N–H and O–H groups in total. The van der Waals surface area contributed by atoms with E-state index in [0.29, 0.717) is 44.0 Å². The molecular weight excluding hydrogens is 587 g/mol. The number of aromatic nitrogens is 4. The molecule has 2 unspecified atom stereocenters. The smallest absolute Gasteiger partial charge is 0.269 e. The monoisotopic (exact) mass is 620 g/mol. The number of aromatic amines is 1. The average molecular weight is 622 g/mol. The molecule has 43 heavy (non-hydrogen) atoms. The molecule has 0 bridgehead atoms. The molecule has 3 heterocycles. The van der Waals surface area contributed by atoms with E-state index in [1.165, 1.54) is 25.4 Å². The first-order chi connectivity index (χ1) is 20.9. The summed E-state index contributed by atoms with van der Waals surface area (Å²) in [5.41, 5.74) is 4.80. The molecule has 3 fully saturated rings. The number of benzene rings is 2. The Balaban J connectivity index is 1.18. The zero-order valence-corrected chi connectivity index (χ0v) is 25.4. The van der Waals surface area contributed by atoms with Gasteiger partial charge in [0.05, 0.1) is 50.5 Å². The Morgan fingerprint density at radius 3 is 2.60 bits per heavy atom. The number of amides is 2. The van der Waals surface area contributed by atoms with Crippen LogP contribution >= 0.6 is 23.2 Å². The van der Waals surface area contributed by atoms with E-state index in [9.17, 15) is 9.59 Å². The van der Waals surface area contributed by atoms with Crippen molar-refractivity contribution in [3.63, 3.8) is 0 Å². The lowest BCUT2D eigenvalue weighted by molar-refractivity contribution is 0.0925. The minimum atomic E-state index is -0.289. The second-order valence-electron chi connectivity index (χ2n) is 12.0. The molecule has 2 aromatic heterocycles. The normalized spacial score (nSPS) is 19.8. The van der Waals surface area contributed by atoms with Crippen molar-refractivity contribution in [2.75, 3.05) is 23.3 Å². The van der Waals surface area contributed by atoms with E-state index < -0.39 is 0 Å².